The number of aromatic nitrogens is 3. The molecule has 1 aliphatic rings. The third kappa shape index (κ3) is 3.13. The Balaban J connectivity index is 1.50. The zero-order valence-electron chi connectivity index (χ0n) is 13.6. The molecule has 1 aromatic carbocycles. The first-order chi connectivity index (χ1) is 11.3. The molecule has 1 saturated heterocycles. The van der Waals surface area contributed by atoms with Gasteiger partial charge in [0.05, 0.1) is 0 Å². The molecule has 3 heterocycles. The van der Waals surface area contributed by atoms with Gasteiger partial charge in [0.25, 0.3) is 0 Å². The molecule has 0 spiro atoms. The zero-order valence-corrected chi connectivity index (χ0v) is 13.6. The fourth-order valence-electron chi connectivity index (χ4n) is 3.33. The third-order valence-electron chi connectivity index (χ3n) is 4.60. The number of fused-ring (bicyclic) bond motifs is 1. The first-order valence-electron chi connectivity index (χ1n) is 8.36. The molecule has 0 bridgehead atoms. The second-order valence-electron chi connectivity index (χ2n) is 6.44. The van der Waals surface area contributed by atoms with Crippen LogP contribution in [0.5, 0.6) is 0 Å². The van der Waals surface area contributed by atoms with Gasteiger partial charge in [0.15, 0.2) is 0 Å². The summed E-state index contributed by atoms with van der Waals surface area (Å²) >= 11 is 0. The maximum atomic E-state index is 4.56. The van der Waals surface area contributed by atoms with Crippen LogP contribution in [0.15, 0.2) is 42.7 Å². The molecule has 4 rings (SSSR count). The molecule has 118 valence electrons. The number of aryl methyl sites for hydroxylation is 1. The molecule has 0 aliphatic carbocycles. The predicted octanol–water partition coefficient (Wildman–Crippen LogP) is 3.38. The molecule has 4 nitrogen and oxygen atoms in total. The van der Waals surface area contributed by atoms with Crippen LogP contribution in [0.3, 0.4) is 0 Å². The first kappa shape index (κ1) is 14.4. The molecule has 0 radical (unpaired) electrons. The minimum atomic E-state index is 0.818. The van der Waals surface area contributed by atoms with Gasteiger partial charge in [0.2, 0.25) is 0 Å². The van der Waals surface area contributed by atoms with E-state index in [2.05, 4.69) is 56.0 Å². The summed E-state index contributed by atoms with van der Waals surface area (Å²) < 4.78 is 2.19. The summed E-state index contributed by atoms with van der Waals surface area (Å²) in [4.78, 5) is 11.4. The van der Waals surface area contributed by atoms with Crippen molar-refractivity contribution < 1.29 is 0 Å². The van der Waals surface area contributed by atoms with Crippen LogP contribution in [0.1, 0.15) is 29.8 Å². The van der Waals surface area contributed by atoms with Gasteiger partial charge in [-0.05, 0) is 50.0 Å². The van der Waals surface area contributed by atoms with E-state index in [-0.39, 0.29) is 0 Å². The Bertz CT molecular complexity index is 798. The van der Waals surface area contributed by atoms with Gasteiger partial charge < -0.3 is 4.57 Å². The quantitative estimate of drug-likeness (QED) is 0.741. The van der Waals surface area contributed by atoms with Crippen LogP contribution >= 0.6 is 0 Å². The number of rotatable bonds is 4. The molecule has 0 unspecified atom stereocenters. The fourth-order valence-corrected chi connectivity index (χ4v) is 3.33. The van der Waals surface area contributed by atoms with Crippen LogP contribution in [0.2, 0.25) is 0 Å². The number of hydrogen-bond donors (Lipinski definition) is 0. The molecule has 3 aromatic rings. The van der Waals surface area contributed by atoms with Crippen molar-refractivity contribution in [2.45, 2.75) is 32.9 Å². The van der Waals surface area contributed by atoms with E-state index < -0.39 is 0 Å². The summed E-state index contributed by atoms with van der Waals surface area (Å²) in [6, 6.07) is 11.1. The maximum absolute atomic E-state index is 4.56. The molecular formula is C19H22N4. The smallest absolute Gasteiger partial charge is 0.143 e. The van der Waals surface area contributed by atoms with E-state index in [0.29, 0.717) is 0 Å². The maximum Gasteiger partial charge on any atom is 0.143 e. The molecule has 0 N–H and O–H groups in total. The monoisotopic (exact) mass is 306 g/mol. The Morgan fingerprint density at radius 2 is 1.65 bits per heavy atom. The van der Waals surface area contributed by atoms with Crippen molar-refractivity contribution in [2.75, 3.05) is 13.1 Å². The fraction of sp³-hybridized carbons (Fsp3) is 0.368. The molecule has 1 aliphatic heterocycles. The Morgan fingerprint density at radius 1 is 0.957 bits per heavy atom. The lowest BCUT2D eigenvalue weighted by atomic mass is 10.1. The van der Waals surface area contributed by atoms with E-state index in [1.54, 1.807) is 0 Å². The Labute approximate surface area is 136 Å². The van der Waals surface area contributed by atoms with E-state index in [4.69, 9.17) is 0 Å². The van der Waals surface area contributed by atoms with Crippen molar-refractivity contribution in [3.8, 4) is 0 Å². The number of hydrogen-bond acceptors (Lipinski definition) is 3. The van der Waals surface area contributed by atoms with E-state index >= 15 is 0 Å². The van der Waals surface area contributed by atoms with Crippen molar-refractivity contribution in [1.29, 1.82) is 0 Å². The lowest BCUT2D eigenvalue weighted by Gasteiger charge is -2.14. The van der Waals surface area contributed by atoms with Gasteiger partial charge in [0.1, 0.15) is 11.5 Å². The topological polar surface area (TPSA) is 34.0 Å². The van der Waals surface area contributed by atoms with Crippen molar-refractivity contribution >= 4 is 11.0 Å². The van der Waals surface area contributed by atoms with Gasteiger partial charge in [-0.25, -0.2) is 9.97 Å². The molecule has 23 heavy (non-hydrogen) atoms. The summed E-state index contributed by atoms with van der Waals surface area (Å²) in [7, 11) is 0. The highest BCUT2D eigenvalue weighted by molar-refractivity contribution is 5.75. The normalized spacial score (nSPS) is 15.5. The van der Waals surface area contributed by atoms with E-state index in [1.807, 2.05) is 13.1 Å². The van der Waals surface area contributed by atoms with Crippen LogP contribution in [-0.2, 0) is 13.1 Å². The molecule has 0 saturated carbocycles. The van der Waals surface area contributed by atoms with E-state index in [9.17, 15) is 0 Å². The van der Waals surface area contributed by atoms with Crippen LogP contribution in [0, 0.1) is 6.92 Å². The lowest BCUT2D eigenvalue weighted by molar-refractivity contribution is 0.331. The predicted molar refractivity (Wildman–Crippen MR) is 92.3 cm³/mol. The number of nitrogens with zero attached hydrogens (tertiary/aromatic N) is 4. The summed E-state index contributed by atoms with van der Waals surface area (Å²) in [6.07, 6.45) is 6.68. The van der Waals surface area contributed by atoms with Crippen molar-refractivity contribution in [2.24, 2.45) is 0 Å². The van der Waals surface area contributed by atoms with Crippen molar-refractivity contribution in [1.82, 2.24) is 19.4 Å². The third-order valence-corrected chi connectivity index (χ3v) is 4.60. The molecule has 4 heteroatoms. The number of likely N-dealkylation sites (tertiary alicyclic amines) is 1. The van der Waals surface area contributed by atoms with Gasteiger partial charge in [-0.3, -0.25) is 4.90 Å². The SMILES string of the molecule is Cc1ncc2ccn(Cc3ccc(CN4CCCC4)cc3)c2n1. The highest BCUT2D eigenvalue weighted by atomic mass is 15.1. The first-order valence-corrected chi connectivity index (χ1v) is 8.36. The Kier molecular flexibility index (Phi) is 3.83. The van der Waals surface area contributed by atoms with Gasteiger partial charge in [0, 0.05) is 30.9 Å². The van der Waals surface area contributed by atoms with Gasteiger partial charge in [-0.1, -0.05) is 24.3 Å². The summed E-state index contributed by atoms with van der Waals surface area (Å²) in [5.41, 5.74) is 3.73. The molecule has 1 fully saturated rings. The minimum absolute atomic E-state index is 0.818. The average molecular weight is 306 g/mol. The molecule has 0 amide bonds. The van der Waals surface area contributed by atoms with E-state index in [1.165, 1.54) is 37.1 Å². The average Bonchev–Trinajstić information content (AvgIpc) is 3.20. The van der Waals surface area contributed by atoms with Gasteiger partial charge in [-0.15, -0.1) is 0 Å². The van der Waals surface area contributed by atoms with Crippen molar-refractivity contribution in [3.05, 3.63) is 59.7 Å². The zero-order chi connectivity index (χ0) is 15.6. The van der Waals surface area contributed by atoms with Crippen molar-refractivity contribution in [3.63, 3.8) is 0 Å². The van der Waals surface area contributed by atoms with Crippen LogP contribution in [-0.4, -0.2) is 32.5 Å². The summed E-state index contributed by atoms with van der Waals surface area (Å²) in [6.45, 7) is 6.36. The molecule has 0 atom stereocenters. The second-order valence-corrected chi connectivity index (χ2v) is 6.44. The van der Waals surface area contributed by atoms with Gasteiger partial charge in [-0.2, -0.15) is 0 Å². The van der Waals surface area contributed by atoms with Crippen LogP contribution in [0.25, 0.3) is 11.0 Å². The van der Waals surface area contributed by atoms with Crippen LogP contribution in [0.4, 0.5) is 0 Å². The summed E-state index contributed by atoms with van der Waals surface area (Å²) in [5.74, 6) is 0.818. The summed E-state index contributed by atoms with van der Waals surface area (Å²) in [5, 5.41) is 1.10. The van der Waals surface area contributed by atoms with Gasteiger partial charge >= 0.3 is 0 Å². The molecular weight excluding hydrogens is 284 g/mol. The second kappa shape index (κ2) is 6.13. The molecule has 2 aromatic heterocycles. The Morgan fingerprint density at radius 3 is 2.39 bits per heavy atom. The minimum Gasteiger partial charge on any atom is -0.328 e. The Hall–Kier alpha value is -2.20. The largest absolute Gasteiger partial charge is 0.328 e. The van der Waals surface area contributed by atoms with E-state index in [0.717, 1.165) is 29.9 Å². The highest BCUT2D eigenvalue weighted by Crippen LogP contribution is 2.16. The lowest BCUT2D eigenvalue weighted by Crippen LogP contribution is -2.18. The number of benzene rings is 1. The highest BCUT2D eigenvalue weighted by Gasteiger charge is 2.11. The van der Waals surface area contributed by atoms with Crippen LogP contribution < -0.4 is 0 Å². The standard InChI is InChI=1S/C19H22N4/c1-15-20-12-18-8-11-23(19(18)21-15)14-17-6-4-16(5-7-17)13-22-9-2-3-10-22/h4-8,11-12H,2-3,9-10,13-14H2,1H3.